The van der Waals surface area contributed by atoms with Crippen LogP contribution in [0.4, 0.5) is 0 Å². The van der Waals surface area contributed by atoms with E-state index in [-0.39, 0.29) is 5.91 Å². The summed E-state index contributed by atoms with van der Waals surface area (Å²) in [4.78, 5) is 12.5. The maximum absolute atomic E-state index is 12.5. The Kier molecular flexibility index (Phi) is 5.07. The van der Waals surface area contributed by atoms with Crippen LogP contribution in [0.1, 0.15) is 23.0 Å². The first kappa shape index (κ1) is 18.4. The number of amides is 1. The molecule has 0 aliphatic carbocycles. The van der Waals surface area contributed by atoms with Crippen LogP contribution in [-0.4, -0.2) is 28.9 Å². The molecule has 4 rings (SSSR count). The molecule has 0 fully saturated rings. The molecule has 4 aromatic rings. The van der Waals surface area contributed by atoms with E-state index in [2.05, 4.69) is 20.7 Å². The molecular weight excluding hydrogens is 364 g/mol. The van der Waals surface area contributed by atoms with Gasteiger partial charge in [-0.1, -0.05) is 60.7 Å². The number of nitrogens with one attached hydrogen (secondary N) is 2. The maximum Gasteiger partial charge on any atom is 0.289 e. The fourth-order valence-electron chi connectivity index (χ4n) is 3.19. The van der Waals surface area contributed by atoms with Crippen LogP contribution in [-0.2, 0) is 0 Å². The van der Waals surface area contributed by atoms with Crippen molar-refractivity contribution < 1.29 is 9.53 Å². The average Bonchev–Trinajstić information content (AvgIpc) is 3.27. The summed E-state index contributed by atoms with van der Waals surface area (Å²) in [6.45, 7) is 1.84. The van der Waals surface area contributed by atoms with Gasteiger partial charge in [-0.25, -0.2) is 5.43 Å². The Labute approximate surface area is 168 Å². The van der Waals surface area contributed by atoms with Gasteiger partial charge in [0.2, 0.25) is 0 Å². The monoisotopic (exact) mass is 384 g/mol. The summed E-state index contributed by atoms with van der Waals surface area (Å²) >= 11 is 0. The van der Waals surface area contributed by atoms with Crippen molar-refractivity contribution in [1.29, 1.82) is 0 Å². The van der Waals surface area contributed by atoms with Crippen molar-refractivity contribution in [2.75, 3.05) is 7.11 Å². The Bertz CT molecular complexity index is 1200. The number of carbonyl (C=O) groups excluding carboxylic acids is 1. The van der Waals surface area contributed by atoms with Crippen molar-refractivity contribution in [2.24, 2.45) is 5.10 Å². The van der Waals surface area contributed by atoms with Crippen LogP contribution in [0, 0.1) is 0 Å². The van der Waals surface area contributed by atoms with E-state index in [0.717, 1.165) is 27.6 Å². The molecule has 1 amide bonds. The Balaban J connectivity index is 1.62. The first-order valence-electron chi connectivity index (χ1n) is 9.19. The summed E-state index contributed by atoms with van der Waals surface area (Å²) in [5.74, 6) is 0.332. The number of aromatic nitrogens is 2. The van der Waals surface area contributed by atoms with E-state index >= 15 is 0 Å². The Morgan fingerprint density at radius 3 is 2.59 bits per heavy atom. The van der Waals surface area contributed by atoms with Crippen LogP contribution in [0.3, 0.4) is 0 Å². The number of benzene rings is 3. The number of hydrogen-bond acceptors (Lipinski definition) is 4. The van der Waals surface area contributed by atoms with Gasteiger partial charge >= 0.3 is 0 Å². The summed E-state index contributed by atoms with van der Waals surface area (Å²) in [6.07, 6.45) is 0. The van der Waals surface area contributed by atoms with Crippen LogP contribution >= 0.6 is 0 Å². The van der Waals surface area contributed by atoms with Gasteiger partial charge in [0.1, 0.15) is 11.4 Å². The molecule has 1 heterocycles. The highest BCUT2D eigenvalue weighted by molar-refractivity contribution is 6.02. The normalized spacial score (nSPS) is 11.4. The third-order valence-corrected chi connectivity index (χ3v) is 4.71. The molecule has 3 aromatic carbocycles. The van der Waals surface area contributed by atoms with Gasteiger partial charge in [0.15, 0.2) is 0 Å². The second-order valence-electron chi connectivity index (χ2n) is 6.53. The number of fused-ring (bicyclic) bond motifs is 1. The van der Waals surface area contributed by atoms with Gasteiger partial charge in [-0.3, -0.25) is 9.89 Å². The second kappa shape index (κ2) is 7.98. The molecule has 0 atom stereocenters. The molecule has 0 aliphatic heterocycles. The molecule has 6 heteroatoms. The van der Waals surface area contributed by atoms with Crippen molar-refractivity contribution in [3.63, 3.8) is 0 Å². The average molecular weight is 384 g/mol. The second-order valence-corrected chi connectivity index (χ2v) is 6.53. The molecule has 0 bridgehead atoms. The SMILES string of the molecule is COc1ccc2ccccc2c1-c1cc(C(=O)N/N=C(\C)c2ccccc2)[nH]n1. The Hall–Kier alpha value is -3.93. The molecule has 0 saturated heterocycles. The summed E-state index contributed by atoms with van der Waals surface area (Å²) in [7, 11) is 1.62. The molecule has 29 heavy (non-hydrogen) atoms. The van der Waals surface area contributed by atoms with Crippen molar-refractivity contribution in [3.8, 4) is 17.0 Å². The number of H-pyrrole nitrogens is 1. The topological polar surface area (TPSA) is 79.4 Å². The zero-order valence-electron chi connectivity index (χ0n) is 16.1. The molecule has 0 unspecified atom stereocenters. The highest BCUT2D eigenvalue weighted by atomic mass is 16.5. The first-order valence-corrected chi connectivity index (χ1v) is 9.19. The standard InChI is InChI=1S/C23H20N4O2/c1-15(16-8-4-3-5-9-16)24-27-23(28)20-14-19(25-26-20)22-18-11-7-6-10-17(18)12-13-21(22)29-2/h3-14H,1-2H3,(H,25,26)(H,27,28)/b24-15+. The predicted molar refractivity (Wildman–Crippen MR) is 114 cm³/mol. The number of aromatic amines is 1. The van der Waals surface area contributed by atoms with Gasteiger partial charge < -0.3 is 4.74 Å². The van der Waals surface area contributed by atoms with E-state index in [1.165, 1.54) is 0 Å². The molecule has 6 nitrogen and oxygen atoms in total. The van der Waals surface area contributed by atoms with Gasteiger partial charge in [0.25, 0.3) is 5.91 Å². The van der Waals surface area contributed by atoms with Crippen molar-refractivity contribution >= 4 is 22.4 Å². The zero-order chi connectivity index (χ0) is 20.2. The molecular formula is C23H20N4O2. The molecule has 0 aliphatic rings. The van der Waals surface area contributed by atoms with Crippen molar-refractivity contribution in [1.82, 2.24) is 15.6 Å². The van der Waals surface area contributed by atoms with E-state index in [0.29, 0.717) is 17.1 Å². The summed E-state index contributed by atoms with van der Waals surface area (Å²) in [5.41, 5.74) is 6.02. The quantitative estimate of drug-likeness (QED) is 0.396. The van der Waals surface area contributed by atoms with E-state index < -0.39 is 0 Å². The lowest BCUT2D eigenvalue weighted by molar-refractivity contribution is 0.0950. The smallest absolute Gasteiger partial charge is 0.289 e. The Morgan fingerprint density at radius 2 is 1.79 bits per heavy atom. The molecule has 0 radical (unpaired) electrons. The number of hydrogen-bond donors (Lipinski definition) is 2. The fraction of sp³-hybridized carbons (Fsp3) is 0.0870. The van der Waals surface area contributed by atoms with Crippen LogP contribution < -0.4 is 10.2 Å². The van der Waals surface area contributed by atoms with Gasteiger partial charge in [-0.15, -0.1) is 0 Å². The van der Waals surface area contributed by atoms with Crippen molar-refractivity contribution in [2.45, 2.75) is 6.92 Å². The molecule has 1 aromatic heterocycles. The minimum Gasteiger partial charge on any atom is -0.496 e. The number of rotatable bonds is 5. The predicted octanol–water partition coefficient (Wildman–Crippen LogP) is 4.39. The van der Waals surface area contributed by atoms with E-state index in [1.807, 2.05) is 73.7 Å². The molecule has 2 N–H and O–H groups in total. The van der Waals surface area contributed by atoms with E-state index in [4.69, 9.17) is 4.74 Å². The van der Waals surface area contributed by atoms with Gasteiger partial charge in [0, 0.05) is 0 Å². The molecule has 144 valence electrons. The fourth-order valence-corrected chi connectivity index (χ4v) is 3.19. The molecule has 0 spiro atoms. The van der Waals surface area contributed by atoms with Crippen LogP contribution in [0.5, 0.6) is 5.75 Å². The summed E-state index contributed by atoms with van der Waals surface area (Å²) in [6, 6.07) is 23.2. The lowest BCUT2D eigenvalue weighted by Gasteiger charge is -2.09. The van der Waals surface area contributed by atoms with E-state index in [1.54, 1.807) is 13.2 Å². The highest BCUT2D eigenvalue weighted by Crippen LogP contribution is 2.36. The van der Waals surface area contributed by atoms with Gasteiger partial charge in [0.05, 0.1) is 24.1 Å². The number of carbonyl (C=O) groups is 1. The van der Waals surface area contributed by atoms with Crippen LogP contribution in [0.25, 0.3) is 22.0 Å². The summed E-state index contributed by atoms with van der Waals surface area (Å²) < 4.78 is 5.53. The lowest BCUT2D eigenvalue weighted by atomic mass is 10.0. The first-order chi connectivity index (χ1) is 14.2. The summed E-state index contributed by atoms with van der Waals surface area (Å²) in [5, 5.41) is 13.4. The highest BCUT2D eigenvalue weighted by Gasteiger charge is 2.16. The zero-order valence-corrected chi connectivity index (χ0v) is 16.1. The van der Waals surface area contributed by atoms with Gasteiger partial charge in [-0.2, -0.15) is 10.2 Å². The van der Waals surface area contributed by atoms with Crippen LogP contribution in [0.15, 0.2) is 77.9 Å². The maximum atomic E-state index is 12.5. The number of hydrazone groups is 1. The van der Waals surface area contributed by atoms with E-state index in [9.17, 15) is 4.79 Å². The van der Waals surface area contributed by atoms with Crippen molar-refractivity contribution in [3.05, 3.63) is 84.1 Å². The number of methoxy groups -OCH3 is 1. The number of ether oxygens (including phenoxy) is 1. The minimum atomic E-state index is -0.363. The minimum absolute atomic E-state index is 0.319. The largest absolute Gasteiger partial charge is 0.496 e. The number of nitrogens with zero attached hydrogens (tertiary/aromatic N) is 2. The van der Waals surface area contributed by atoms with Crippen LogP contribution in [0.2, 0.25) is 0 Å². The third kappa shape index (κ3) is 3.73. The molecule has 0 saturated carbocycles. The third-order valence-electron chi connectivity index (χ3n) is 4.71. The lowest BCUT2D eigenvalue weighted by Crippen LogP contribution is -2.19. The Morgan fingerprint density at radius 1 is 1.03 bits per heavy atom. The van der Waals surface area contributed by atoms with Gasteiger partial charge in [-0.05, 0) is 35.4 Å².